The van der Waals surface area contributed by atoms with Crippen molar-refractivity contribution in [1.29, 1.82) is 0 Å². The summed E-state index contributed by atoms with van der Waals surface area (Å²) in [6.45, 7) is 0.906. The van der Waals surface area contributed by atoms with Crippen LogP contribution in [0.25, 0.3) is 0 Å². The van der Waals surface area contributed by atoms with E-state index >= 15 is 0 Å². The summed E-state index contributed by atoms with van der Waals surface area (Å²) in [7, 11) is 1.28. The van der Waals surface area contributed by atoms with E-state index in [0.29, 0.717) is 26.0 Å². The number of nitrogens with one attached hydrogen (secondary N) is 1. The van der Waals surface area contributed by atoms with Gasteiger partial charge in [-0.3, -0.25) is 9.59 Å². The van der Waals surface area contributed by atoms with Crippen molar-refractivity contribution in [3.8, 4) is 0 Å². The number of methoxy groups -OCH3 is 1. The Morgan fingerprint density at radius 2 is 2.28 bits per heavy atom. The quantitative estimate of drug-likeness (QED) is 0.618. The molecule has 0 bridgehead atoms. The lowest BCUT2D eigenvalue weighted by Gasteiger charge is -2.32. The highest BCUT2D eigenvalue weighted by molar-refractivity contribution is 5.91. The van der Waals surface area contributed by atoms with E-state index in [1.807, 2.05) is 0 Å². The van der Waals surface area contributed by atoms with E-state index in [0.717, 1.165) is 0 Å². The van der Waals surface area contributed by atoms with Crippen molar-refractivity contribution in [2.45, 2.75) is 25.0 Å². The lowest BCUT2D eigenvalue weighted by molar-refractivity contribution is -0.163. The predicted molar refractivity (Wildman–Crippen MR) is 59.5 cm³/mol. The Labute approximate surface area is 104 Å². The molecule has 0 aromatic rings. The van der Waals surface area contributed by atoms with Crippen molar-refractivity contribution in [3.63, 3.8) is 0 Å². The summed E-state index contributed by atoms with van der Waals surface area (Å²) in [4.78, 5) is 36.1. The van der Waals surface area contributed by atoms with Crippen LogP contribution in [0.5, 0.6) is 0 Å². The SMILES string of the molecule is COC(=O)C1CN(C(=O)C2CCC(=O)N2)CCO1. The molecular weight excluding hydrogens is 240 g/mol. The number of hydrogen-bond acceptors (Lipinski definition) is 5. The third kappa shape index (κ3) is 2.61. The summed E-state index contributed by atoms with van der Waals surface area (Å²) in [5.41, 5.74) is 0. The largest absolute Gasteiger partial charge is 0.467 e. The summed E-state index contributed by atoms with van der Waals surface area (Å²) < 4.78 is 9.83. The molecule has 0 aromatic carbocycles. The van der Waals surface area contributed by atoms with E-state index in [1.54, 1.807) is 4.90 Å². The van der Waals surface area contributed by atoms with Gasteiger partial charge in [0.05, 0.1) is 20.3 Å². The maximum Gasteiger partial charge on any atom is 0.336 e. The second-order valence-corrected chi connectivity index (χ2v) is 4.33. The van der Waals surface area contributed by atoms with Crippen LogP contribution < -0.4 is 5.32 Å². The zero-order chi connectivity index (χ0) is 13.1. The number of nitrogens with zero attached hydrogens (tertiary/aromatic N) is 1. The van der Waals surface area contributed by atoms with Gasteiger partial charge in [0.25, 0.3) is 0 Å². The average molecular weight is 256 g/mol. The van der Waals surface area contributed by atoms with Gasteiger partial charge >= 0.3 is 5.97 Å². The highest BCUT2D eigenvalue weighted by Gasteiger charge is 2.35. The minimum atomic E-state index is -0.732. The summed E-state index contributed by atoms with van der Waals surface area (Å²) in [5, 5.41) is 2.62. The van der Waals surface area contributed by atoms with Crippen LogP contribution in [0, 0.1) is 0 Å². The number of hydrogen-bond donors (Lipinski definition) is 1. The van der Waals surface area contributed by atoms with Crippen LogP contribution in [-0.4, -0.2) is 61.6 Å². The first-order valence-electron chi connectivity index (χ1n) is 5.89. The second-order valence-electron chi connectivity index (χ2n) is 4.33. The number of carbonyl (C=O) groups excluding carboxylic acids is 3. The van der Waals surface area contributed by atoms with E-state index in [2.05, 4.69) is 10.1 Å². The van der Waals surface area contributed by atoms with Crippen molar-refractivity contribution < 1.29 is 23.9 Å². The molecule has 2 rings (SSSR count). The maximum absolute atomic E-state index is 12.1. The Morgan fingerprint density at radius 1 is 1.50 bits per heavy atom. The number of carbonyl (C=O) groups is 3. The van der Waals surface area contributed by atoms with Crippen LogP contribution >= 0.6 is 0 Å². The molecule has 1 N–H and O–H groups in total. The molecule has 2 aliphatic rings. The summed E-state index contributed by atoms with van der Waals surface area (Å²) in [5.74, 6) is -0.743. The van der Waals surface area contributed by atoms with Crippen molar-refractivity contribution >= 4 is 17.8 Å². The minimum Gasteiger partial charge on any atom is -0.467 e. The topological polar surface area (TPSA) is 84.9 Å². The molecule has 2 fully saturated rings. The summed E-state index contributed by atoms with van der Waals surface area (Å²) >= 11 is 0. The monoisotopic (exact) mass is 256 g/mol. The van der Waals surface area contributed by atoms with E-state index in [4.69, 9.17) is 4.74 Å². The molecule has 18 heavy (non-hydrogen) atoms. The van der Waals surface area contributed by atoms with Crippen LogP contribution in [0.15, 0.2) is 0 Å². The van der Waals surface area contributed by atoms with Gasteiger partial charge in [-0.1, -0.05) is 0 Å². The number of amides is 2. The lowest BCUT2D eigenvalue weighted by atomic mass is 10.1. The Kier molecular flexibility index (Phi) is 3.81. The fraction of sp³-hybridized carbons (Fsp3) is 0.727. The van der Waals surface area contributed by atoms with E-state index in [-0.39, 0.29) is 18.4 Å². The molecule has 7 nitrogen and oxygen atoms in total. The molecule has 2 amide bonds. The fourth-order valence-electron chi connectivity index (χ4n) is 2.14. The first-order valence-corrected chi connectivity index (χ1v) is 5.89. The van der Waals surface area contributed by atoms with Crippen LogP contribution in [0.1, 0.15) is 12.8 Å². The number of rotatable bonds is 2. The Morgan fingerprint density at radius 3 is 2.89 bits per heavy atom. The molecule has 0 aliphatic carbocycles. The van der Waals surface area contributed by atoms with Gasteiger partial charge < -0.3 is 19.7 Å². The molecule has 100 valence electrons. The molecule has 2 aliphatic heterocycles. The first-order chi connectivity index (χ1) is 8.61. The third-order valence-electron chi connectivity index (χ3n) is 3.14. The van der Waals surface area contributed by atoms with Crippen LogP contribution in [0.3, 0.4) is 0 Å². The molecule has 2 atom stereocenters. The number of ether oxygens (including phenoxy) is 2. The van der Waals surface area contributed by atoms with Crippen LogP contribution in [-0.2, 0) is 23.9 Å². The van der Waals surface area contributed by atoms with Gasteiger partial charge in [0.2, 0.25) is 11.8 Å². The highest BCUT2D eigenvalue weighted by Crippen LogP contribution is 2.13. The van der Waals surface area contributed by atoms with Gasteiger partial charge in [0.1, 0.15) is 6.04 Å². The number of morpholine rings is 1. The van der Waals surface area contributed by atoms with E-state index in [9.17, 15) is 14.4 Å². The van der Waals surface area contributed by atoms with Crippen LogP contribution in [0.2, 0.25) is 0 Å². The van der Waals surface area contributed by atoms with Gasteiger partial charge in [0, 0.05) is 13.0 Å². The van der Waals surface area contributed by atoms with Gasteiger partial charge in [-0.25, -0.2) is 4.79 Å². The third-order valence-corrected chi connectivity index (χ3v) is 3.14. The van der Waals surface area contributed by atoms with Gasteiger partial charge in [-0.05, 0) is 6.42 Å². The molecule has 2 saturated heterocycles. The van der Waals surface area contributed by atoms with E-state index in [1.165, 1.54) is 7.11 Å². The smallest absolute Gasteiger partial charge is 0.336 e. The molecule has 2 heterocycles. The maximum atomic E-state index is 12.1. The van der Waals surface area contributed by atoms with E-state index < -0.39 is 18.1 Å². The summed E-state index contributed by atoms with van der Waals surface area (Å²) in [6.07, 6.45) is 0.156. The first kappa shape index (κ1) is 12.8. The van der Waals surface area contributed by atoms with Gasteiger partial charge in [-0.15, -0.1) is 0 Å². The van der Waals surface area contributed by atoms with Gasteiger partial charge in [0.15, 0.2) is 6.10 Å². The van der Waals surface area contributed by atoms with Crippen molar-refractivity contribution in [1.82, 2.24) is 10.2 Å². The Bertz CT molecular complexity index is 370. The summed E-state index contributed by atoms with van der Waals surface area (Å²) in [6, 6.07) is -0.464. The Balaban J connectivity index is 1.94. The highest BCUT2D eigenvalue weighted by atomic mass is 16.6. The van der Waals surface area contributed by atoms with Crippen molar-refractivity contribution in [3.05, 3.63) is 0 Å². The molecule has 0 aromatic heterocycles. The zero-order valence-corrected chi connectivity index (χ0v) is 10.2. The average Bonchev–Trinajstić information content (AvgIpc) is 2.83. The molecule has 0 spiro atoms. The standard InChI is InChI=1S/C11H16N2O5/c1-17-11(16)8-6-13(4-5-18-8)10(15)7-2-3-9(14)12-7/h7-8H,2-6H2,1H3,(H,12,14). The molecule has 0 radical (unpaired) electrons. The van der Waals surface area contributed by atoms with Crippen molar-refractivity contribution in [2.24, 2.45) is 0 Å². The normalized spacial score (nSPS) is 27.8. The molecular formula is C11H16N2O5. The molecule has 2 unspecified atom stereocenters. The van der Waals surface area contributed by atoms with Crippen LogP contribution in [0.4, 0.5) is 0 Å². The zero-order valence-electron chi connectivity index (χ0n) is 10.2. The molecule has 7 heteroatoms. The second kappa shape index (κ2) is 5.34. The molecule has 0 saturated carbocycles. The minimum absolute atomic E-state index is 0.105. The van der Waals surface area contributed by atoms with Gasteiger partial charge in [-0.2, -0.15) is 0 Å². The predicted octanol–water partition coefficient (Wildman–Crippen LogP) is -1.33. The Hall–Kier alpha value is -1.63. The number of esters is 1. The fourth-order valence-corrected chi connectivity index (χ4v) is 2.14. The van der Waals surface area contributed by atoms with Crippen molar-refractivity contribution in [2.75, 3.05) is 26.8 Å². The lowest BCUT2D eigenvalue weighted by Crippen LogP contribution is -2.53.